The molecule has 3 heteroatoms. The van der Waals surface area contributed by atoms with Crippen LogP contribution >= 0.6 is 23.1 Å². The summed E-state index contributed by atoms with van der Waals surface area (Å²) >= 11 is 3.50. The van der Waals surface area contributed by atoms with E-state index in [1.165, 1.54) is 5.56 Å². The van der Waals surface area contributed by atoms with Gasteiger partial charge in [0.2, 0.25) is 0 Å². The van der Waals surface area contributed by atoms with Gasteiger partial charge >= 0.3 is 0 Å². The zero-order chi connectivity index (χ0) is 9.68. The van der Waals surface area contributed by atoms with Gasteiger partial charge < -0.3 is 5.11 Å². The van der Waals surface area contributed by atoms with Crippen LogP contribution in [0.4, 0.5) is 0 Å². The molecule has 0 saturated carbocycles. The number of hydrogen-bond donors (Lipinski definition) is 1. The van der Waals surface area contributed by atoms with Crippen molar-refractivity contribution in [1.82, 2.24) is 0 Å². The number of thioether (sulfide) groups is 1. The zero-order valence-corrected chi connectivity index (χ0v) is 9.75. The molecule has 0 aromatic carbocycles. The molecule has 0 amide bonds. The highest BCUT2D eigenvalue weighted by molar-refractivity contribution is 7.98. The summed E-state index contributed by atoms with van der Waals surface area (Å²) in [5, 5.41) is 11.9. The molecule has 0 fully saturated rings. The fraction of sp³-hybridized carbons (Fsp3) is 0.600. The molecule has 0 aliphatic carbocycles. The number of rotatable bonds is 5. The van der Waals surface area contributed by atoms with Gasteiger partial charge in [0.05, 0.1) is 6.10 Å². The first-order valence-corrected chi connectivity index (χ1v) is 6.74. The highest BCUT2D eigenvalue weighted by atomic mass is 32.2. The second kappa shape index (κ2) is 5.68. The third-order valence-electron chi connectivity index (χ3n) is 2.03. The highest BCUT2D eigenvalue weighted by Crippen LogP contribution is 2.27. The minimum Gasteiger partial charge on any atom is -0.388 e. The lowest BCUT2D eigenvalue weighted by molar-refractivity contribution is 0.170. The van der Waals surface area contributed by atoms with Crippen molar-refractivity contribution >= 4 is 23.1 Å². The molecule has 0 saturated heterocycles. The fourth-order valence-corrected chi connectivity index (χ4v) is 2.68. The zero-order valence-electron chi connectivity index (χ0n) is 8.12. The molecule has 1 heterocycles. The van der Waals surface area contributed by atoms with E-state index >= 15 is 0 Å². The highest BCUT2D eigenvalue weighted by Gasteiger charge is 2.10. The first-order chi connectivity index (χ1) is 6.25. The summed E-state index contributed by atoms with van der Waals surface area (Å²) < 4.78 is 0. The maximum atomic E-state index is 9.82. The van der Waals surface area contributed by atoms with Gasteiger partial charge in [0.15, 0.2) is 0 Å². The van der Waals surface area contributed by atoms with Crippen LogP contribution in [0.15, 0.2) is 11.4 Å². The van der Waals surface area contributed by atoms with Gasteiger partial charge in [-0.3, -0.25) is 0 Å². The van der Waals surface area contributed by atoms with Gasteiger partial charge in [-0.05, 0) is 48.8 Å². The van der Waals surface area contributed by atoms with Crippen LogP contribution in [0.1, 0.15) is 29.4 Å². The van der Waals surface area contributed by atoms with E-state index in [1.807, 2.05) is 17.1 Å². The van der Waals surface area contributed by atoms with E-state index < -0.39 is 0 Å². The number of aliphatic hydroxyl groups excluding tert-OH is 1. The van der Waals surface area contributed by atoms with Crippen LogP contribution in [0.5, 0.6) is 0 Å². The predicted molar refractivity (Wildman–Crippen MR) is 61.6 cm³/mol. The van der Waals surface area contributed by atoms with Crippen molar-refractivity contribution in [3.05, 3.63) is 21.9 Å². The van der Waals surface area contributed by atoms with E-state index in [2.05, 4.69) is 19.2 Å². The van der Waals surface area contributed by atoms with Crippen LogP contribution in [0.25, 0.3) is 0 Å². The summed E-state index contributed by atoms with van der Waals surface area (Å²) in [4.78, 5) is 1.14. The molecule has 1 rings (SSSR count). The molecule has 13 heavy (non-hydrogen) atoms. The normalized spacial score (nSPS) is 13.2. The Morgan fingerprint density at radius 2 is 2.38 bits per heavy atom. The third-order valence-corrected chi connectivity index (χ3v) is 3.85. The average Bonchev–Trinajstić information content (AvgIpc) is 2.52. The molecule has 1 aromatic heterocycles. The first kappa shape index (κ1) is 11.1. The standard InChI is InChI=1S/C10H16OS2/c1-8-5-7-13-10(8)9(11)4-3-6-12-2/h5,7,9,11H,3-4,6H2,1-2H3. The molecular formula is C10H16OS2. The lowest BCUT2D eigenvalue weighted by Gasteiger charge is -2.08. The Bertz CT molecular complexity index is 245. The van der Waals surface area contributed by atoms with Crippen molar-refractivity contribution in [2.24, 2.45) is 0 Å². The van der Waals surface area contributed by atoms with Crippen molar-refractivity contribution < 1.29 is 5.11 Å². The number of thiophene rings is 1. The Kier molecular flexibility index (Phi) is 4.84. The van der Waals surface area contributed by atoms with Crippen molar-refractivity contribution in [3.63, 3.8) is 0 Å². The Morgan fingerprint density at radius 1 is 1.62 bits per heavy atom. The van der Waals surface area contributed by atoms with Crippen LogP contribution < -0.4 is 0 Å². The summed E-state index contributed by atoms with van der Waals surface area (Å²) in [6.45, 7) is 2.06. The average molecular weight is 216 g/mol. The smallest absolute Gasteiger partial charge is 0.0884 e. The molecule has 0 radical (unpaired) electrons. The Labute approximate surface area is 88.2 Å². The van der Waals surface area contributed by atoms with E-state index in [4.69, 9.17) is 0 Å². The van der Waals surface area contributed by atoms with Crippen LogP contribution in [0, 0.1) is 6.92 Å². The van der Waals surface area contributed by atoms with E-state index in [0.717, 1.165) is 23.5 Å². The van der Waals surface area contributed by atoms with E-state index in [1.54, 1.807) is 11.3 Å². The molecule has 0 aliphatic rings. The quantitative estimate of drug-likeness (QED) is 0.763. The Hall–Kier alpha value is 0.0100. The molecule has 1 atom stereocenters. The van der Waals surface area contributed by atoms with Crippen LogP contribution in [-0.2, 0) is 0 Å². The monoisotopic (exact) mass is 216 g/mol. The summed E-state index contributed by atoms with van der Waals surface area (Å²) in [6, 6.07) is 2.07. The second-order valence-electron chi connectivity index (χ2n) is 3.12. The minimum absolute atomic E-state index is 0.243. The van der Waals surface area contributed by atoms with Crippen molar-refractivity contribution in [3.8, 4) is 0 Å². The molecular weight excluding hydrogens is 200 g/mol. The van der Waals surface area contributed by atoms with Gasteiger partial charge in [-0.1, -0.05) is 0 Å². The van der Waals surface area contributed by atoms with Crippen molar-refractivity contribution in [2.75, 3.05) is 12.0 Å². The van der Waals surface area contributed by atoms with E-state index in [0.29, 0.717) is 0 Å². The van der Waals surface area contributed by atoms with Crippen LogP contribution in [0.2, 0.25) is 0 Å². The van der Waals surface area contributed by atoms with Gasteiger partial charge in [0.25, 0.3) is 0 Å². The van der Waals surface area contributed by atoms with E-state index in [9.17, 15) is 5.11 Å². The molecule has 0 bridgehead atoms. The van der Waals surface area contributed by atoms with Gasteiger partial charge in [0.1, 0.15) is 0 Å². The maximum Gasteiger partial charge on any atom is 0.0884 e. The predicted octanol–water partition coefficient (Wildman–Crippen LogP) is 3.23. The molecule has 0 aliphatic heterocycles. The van der Waals surface area contributed by atoms with Crippen molar-refractivity contribution in [2.45, 2.75) is 25.9 Å². The fourth-order valence-electron chi connectivity index (χ4n) is 1.28. The first-order valence-electron chi connectivity index (χ1n) is 4.46. The number of hydrogen-bond acceptors (Lipinski definition) is 3. The molecule has 1 nitrogen and oxygen atoms in total. The molecule has 0 spiro atoms. The minimum atomic E-state index is -0.243. The van der Waals surface area contributed by atoms with E-state index in [-0.39, 0.29) is 6.10 Å². The maximum absolute atomic E-state index is 9.82. The lowest BCUT2D eigenvalue weighted by Crippen LogP contribution is -1.97. The third kappa shape index (κ3) is 3.33. The molecule has 1 N–H and O–H groups in total. The topological polar surface area (TPSA) is 20.2 Å². The second-order valence-corrected chi connectivity index (χ2v) is 5.05. The SMILES string of the molecule is CSCCCC(O)c1sccc1C. The number of aliphatic hydroxyl groups is 1. The van der Waals surface area contributed by atoms with Crippen molar-refractivity contribution in [1.29, 1.82) is 0 Å². The molecule has 1 unspecified atom stereocenters. The van der Waals surface area contributed by atoms with Gasteiger partial charge in [-0.25, -0.2) is 0 Å². The summed E-state index contributed by atoms with van der Waals surface area (Å²) in [5.74, 6) is 1.14. The van der Waals surface area contributed by atoms with Crippen LogP contribution in [0.3, 0.4) is 0 Å². The summed E-state index contributed by atoms with van der Waals surface area (Å²) in [7, 11) is 0. The Balaban J connectivity index is 2.39. The Morgan fingerprint density at radius 3 is 2.92 bits per heavy atom. The summed E-state index contributed by atoms with van der Waals surface area (Å²) in [5.41, 5.74) is 1.22. The van der Waals surface area contributed by atoms with Crippen LogP contribution in [-0.4, -0.2) is 17.1 Å². The molecule has 1 aromatic rings. The van der Waals surface area contributed by atoms with Gasteiger partial charge in [0, 0.05) is 4.88 Å². The largest absolute Gasteiger partial charge is 0.388 e. The van der Waals surface area contributed by atoms with Gasteiger partial charge in [-0.15, -0.1) is 11.3 Å². The number of aryl methyl sites for hydroxylation is 1. The summed E-state index contributed by atoms with van der Waals surface area (Å²) in [6.07, 6.45) is 3.84. The molecule has 74 valence electrons. The lowest BCUT2D eigenvalue weighted by atomic mass is 10.1. The van der Waals surface area contributed by atoms with Gasteiger partial charge in [-0.2, -0.15) is 11.8 Å².